The lowest BCUT2D eigenvalue weighted by Crippen LogP contribution is -2.55. The molecule has 0 aromatic carbocycles. The van der Waals surface area contributed by atoms with E-state index in [0.717, 1.165) is 13.1 Å². The monoisotopic (exact) mass is 265 g/mol. The molecule has 1 atom stereocenters. The lowest BCUT2D eigenvalue weighted by atomic mass is 9.92. The number of likely N-dealkylation sites (N-methyl/N-ethyl adjacent to an activating group) is 1. The van der Waals surface area contributed by atoms with Crippen molar-refractivity contribution in [2.75, 3.05) is 20.1 Å². The Morgan fingerprint density at radius 3 is 2.21 bits per heavy atom. The predicted molar refractivity (Wildman–Crippen MR) is 80.9 cm³/mol. The van der Waals surface area contributed by atoms with Gasteiger partial charge in [-0.3, -0.25) is 4.90 Å². The fraction of sp³-hybridized carbons (Fsp3) is 0.938. The summed E-state index contributed by atoms with van der Waals surface area (Å²) in [6.45, 7) is 11.0. The number of hydrogen-bond donors (Lipinski definition) is 1. The Hall–Kier alpha value is -0.590. The van der Waals surface area contributed by atoms with Crippen molar-refractivity contribution in [2.45, 2.75) is 65.0 Å². The van der Waals surface area contributed by atoms with Gasteiger partial charge in [-0.2, -0.15) is 5.26 Å². The summed E-state index contributed by atoms with van der Waals surface area (Å²) in [5, 5.41) is 13.0. The van der Waals surface area contributed by atoms with Crippen LogP contribution in [-0.4, -0.2) is 36.6 Å². The first kappa shape index (κ1) is 16.5. The highest BCUT2D eigenvalue weighted by Gasteiger charge is 2.46. The Balaban J connectivity index is 2.82. The van der Waals surface area contributed by atoms with Gasteiger partial charge in [-0.25, -0.2) is 0 Å². The molecular formula is C16H31N3. The lowest BCUT2D eigenvalue weighted by Gasteiger charge is -2.38. The summed E-state index contributed by atoms with van der Waals surface area (Å²) in [4.78, 5) is 2.54. The molecule has 1 aliphatic carbocycles. The number of rotatable bonds is 9. The van der Waals surface area contributed by atoms with Crippen LogP contribution < -0.4 is 5.32 Å². The Morgan fingerprint density at radius 2 is 1.89 bits per heavy atom. The standard InChI is InChI=1S/C16H31N3/c1-6-15(7-2)19(10-13(3)4)12-16(11-17,18-5)14-8-9-14/h13-15,18H,6-10,12H2,1-5H3. The Morgan fingerprint density at radius 1 is 1.32 bits per heavy atom. The van der Waals surface area contributed by atoms with E-state index in [9.17, 15) is 5.26 Å². The van der Waals surface area contributed by atoms with Crippen LogP contribution in [0.25, 0.3) is 0 Å². The van der Waals surface area contributed by atoms with Crippen molar-refractivity contribution < 1.29 is 0 Å². The maximum absolute atomic E-state index is 9.66. The summed E-state index contributed by atoms with van der Waals surface area (Å²) < 4.78 is 0. The van der Waals surface area contributed by atoms with Crippen LogP contribution in [-0.2, 0) is 0 Å². The van der Waals surface area contributed by atoms with Gasteiger partial charge in [-0.15, -0.1) is 0 Å². The molecule has 0 heterocycles. The first-order valence-corrected chi connectivity index (χ1v) is 7.87. The summed E-state index contributed by atoms with van der Waals surface area (Å²) in [6, 6.07) is 3.18. The minimum absolute atomic E-state index is 0.336. The fourth-order valence-electron chi connectivity index (χ4n) is 3.11. The summed E-state index contributed by atoms with van der Waals surface area (Å²) in [5.41, 5.74) is -0.336. The van der Waals surface area contributed by atoms with Gasteiger partial charge >= 0.3 is 0 Å². The molecule has 0 aromatic heterocycles. The SMILES string of the molecule is CCC(CC)N(CC(C)C)CC(C#N)(NC)C1CC1. The van der Waals surface area contributed by atoms with Gasteiger partial charge in [0, 0.05) is 19.1 Å². The number of nitriles is 1. The molecule has 1 unspecified atom stereocenters. The van der Waals surface area contributed by atoms with Crippen LogP contribution in [0.2, 0.25) is 0 Å². The highest BCUT2D eigenvalue weighted by atomic mass is 15.2. The van der Waals surface area contributed by atoms with Crippen LogP contribution in [0.1, 0.15) is 53.4 Å². The van der Waals surface area contributed by atoms with Crippen molar-refractivity contribution >= 4 is 0 Å². The van der Waals surface area contributed by atoms with Crippen LogP contribution in [0.15, 0.2) is 0 Å². The second-order valence-electron chi connectivity index (χ2n) is 6.40. The summed E-state index contributed by atoms with van der Waals surface area (Å²) in [6.07, 6.45) is 4.73. The molecule has 1 rings (SSSR count). The molecule has 0 saturated heterocycles. The normalized spacial score (nSPS) is 18.9. The van der Waals surface area contributed by atoms with Crippen molar-refractivity contribution in [3.63, 3.8) is 0 Å². The van der Waals surface area contributed by atoms with Gasteiger partial charge in [0.05, 0.1) is 6.07 Å². The van der Waals surface area contributed by atoms with Gasteiger partial charge in [-0.1, -0.05) is 27.7 Å². The zero-order valence-corrected chi connectivity index (χ0v) is 13.4. The van der Waals surface area contributed by atoms with E-state index < -0.39 is 0 Å². The molecule has 1 N–H and O–H groups in total. The van der Waals surface area contributed by atoms with Crippen molar-refractivity contribution in [3.8, 4) is 6.07 Å². The molecule has 1 fully saturated rings. The second kappa shape index (κ2) is 7.26. The Labute approximate surface area is 119 Å². The Kier molecular flexibility index (Phi) is 6.29. The van der Waals surface area contributed by atoms with E-state index >= 15 is 0 Å². The second-order valence-corrected chi connectivity index (χ2v) is 6.40. The number of nitrogens with zero attached hydrogens (tertiary/aromatic N) is 2. The van der Waals surface area contributed by atoms with E-state index in [1.807, 2.05) is 7.05 Å². The van der Waals surface area contributed by atoms with Crippen molar-refractivity contribution in [2.24, 2.45) is 11.8 Å². The molecule has 3 heteroatoms. The molecule has 0 aromatic rings. The highest BCUT2D eigenvalue weighted by molar-refractivity contribution is 5.16. The first-order valence-electron chi connectivity index (χ1n) is 7.87. The van der Waals surface area contributed by atoms with Crippen molar-refractivity contribution in [1.29, 1.82) is 5.26 Å². The molecule has 3 nitrogen and oxygen atoms in total. The zero-order chi connectivity index (χ0) is 14.5. The average Bonchev–Trinajstić information content (AvgIpc) is 3.21. The quantitative estimate of drug-likeness (QED) is 0.696. The molecule has 0 spiro atoms. The summed E-state index contributed by atoms with van der Waals surface area (Å²) >= 11 is 0. The first-order chi connectivity index (χ1) is 9.02. The molecule has 1 saturated carbocycles. The maximum Gasteiger partial charge on any atom is 0.122 e. The predicted octanol–water partition coefficient (Wildman–Crippen LogP) is 3.02. The zero-order valence-electron chi connectivity index (χ0n) is 13.4. The molecule has 1 aliphatic rings. The molecular weight excluding hydrogens is 234 g/mol. The minimum Gasteiger partial charge on any atom is -0.301 e. The van der Waals surface area contributed by atoms with Crippen LogP contribution >= 0.6 is 0 Å². The molecule has 0 aliphatic heterocycles. The van der Waals surface area contributed by atoms with Gasteiger partial charge in [0.15, 0.2) is 0 Å². The van der Waals surface area contributed by atoms with E-state index in [4.69, 9.17) is 0 Å². The third kappa shape index (κ3) is 4.19. The van der Waals surface area contributed by atoms with E-state index in [0.29, 0.717) is 17.9 Å². The third-order valence-corrected chi connectivity index (χ3v) is 4.43. The van der Waals surface area contributed by atoms with Gasteiger partial charge in [0.2, 0.25) is 0 Å². The smallest absolute Gasteiger partial charge is 0.122 e. The van der Waals surface area contributed by atoms with E-state index in [1.54, 1.807) is 0 Å². The molecule has 19 heavy (non-hydrogen) atoms. The van der Waals surface area contributed by atoms with Crippen LogP contribution in [0.4, 0.5) is 0 Å². The topological polar surface area (TPSA) is 39.1 Å². The van der Waals surface area contributed by atoms with E-state index in [-0.39, 0.29) is 5.54 Å². The maximum atomic E-state index is 9.66. The fourth-order valence-corrected chi connectivity index (χ4v) is 3.11. The summed E-state index contributed by atoms with van der Waals surface area (Å²) in [7, 11) is 1.95. The third-order valence-electron chi connectivity index (χ3n) is 4.43. The number of hydrogen-bond acceptors (Lipinski definition) is 3. The van der Waals surface area contributed by atoms with Crippen LogP contribution in [0, 0.1) is 23.2 Å². The van der Waals surface area contributed by atoms with Gasteiger partial charge < -0.3 is 5.32 Å². The van der Waals surface area contributed by atoms with Gasteiger partial charge in [0.1, 0.15) is 5.54 Å². The minimum atomic E-state index is -0.336. The average molecular weight is 265 g/mol. The van der Waals surface area contributed by atoms with Crippen LogP contribution in [0.5, 0.6) is 0 Å². The molecule has 0 bridgehead atoms. The Bertz CT molecular complexity index is 300. The van der Waals surface area contributed by atoms with Gasteiger partial charge in [0.25, 0.3) is 0 Å². The van der Waals surface area contributed by atoms with E-state index in [2.05, 4.69) is 44.0 Å². The lowest BCUT2D eigenvalue weighted by molar-refractivity contribution is 0.126. The van der Waals surface area contributed by atoms with Crippen LogP contribution in [0.3, 0.4) is 0 Å². The van der Waals surface area contributed by atoms with Crippen molar-refractivity contribution in [3.05, 3.63) is 0 Å². The van der Waals surface area contributed by atoms with E-state index in [1.165, 1.54) is 25.7 Å². The largest absolute Gasteiger partial charge is 0.301 e. The molecule has 0 amide bonds. The number of nitrogens with one attached hydrogen (secondary N) is 1. The molecule has 0 radical (unpaired) electrons. The van der Waals surface area contributed by atoms with Crippen molar-refractivity contribution in [1.82, 2.24) is 10.2 Å². The highest BCUT2D eigenvalue weighted by Crippen LogP contribution is 2.40. The molecule has 110 valence electrons. The van der Waals surface area contributed by atoms with Gasteiger partial charge in [-0.05, 0) is 44.6 Å². The summed E-state index contributed by atoms with van der Waals surface area (Å²) in [5.74, 6) is 1.19.